The van der Waals surface area contributed by atoms with Crippen LogP contribution in [0.5, 0.6) is 0 Å². The minimum atomic E-state index is 1.09. The minimum absolute atomic E-state index is 1.09. The topological polar surface area (TPSA) is 15.8 Å². The van der Waals surface area contributed by atoms with Crippen LogP contribution in [0.25, 0.3) is 32.9 Å². The lowest BCUT2D eigenvalue weighted by Crippen LogP contribution is -1.78. The maximum atomic E-state index is 3.51. The fraction of sp³-hybridized carbons (Fsp3) is 0. The van der Waals surface area contributed by atoms with Crippen LogP contribution in [-0.2, 0) is 0 Å². The van der Waals surface area contributed by atoms with Crippen LogP contribution in [0.15, 0.2) is 71.2 Å². The molecule has 96 valence electrons. The van der Waals surface area contributed by atoms with E-state index in [4.69, 9.17) is 0 Å². The van der Waals surface area contributed by atoms with Crippen LogP contribution < -0.4 is 0 Å². The van der Waals surface area contributed by atoms with Gasteiger partial charge in [-0.1, -0.05) is 58.4 Å². The minimum Gasteiger partial charge on any atom is -0.354 e. The Hall–Kier alpha value is -2.06. The van der Waals surface area contributed by atoms with Crippen LogP contribution in [0.1, 0.15) is 0 Å². The van der Waals surface area contributed by atoms with E-state index in [1.807, 2.05) is 0 Å². The number of fused-ring (bicyclic) bond motifs is 2. The second-order valence-electron chi connectivity index (χ2n) is 4.98. The molecule has 4 aromatic rings. The van der Waals surface area contributed by atoms with E-state index < -0.39 is 0 Å². The smallest absolute Gasteiger partial charge is 0.0470 e. The van der Waals surface area contributed by atoms with Crippen LogP contribution in [0.4, 0.5) is 0 Å². The highest BCUT2D eigenvalue weighted by Crippen LogP contribution is 2.28. The number of halogens is 1. The third kappa shape index (κ3) is 1.93. The normalized spacial score (nSPS) is 11.2. The summed E-state index contributed by atoms with van der Waals surface area (Å²) in [5.74, 6) is 0. The quantitative estimate of drug-likeness (QED) is 0.459. The number of nitrogens with one attached hydrogen (secondary N) is 1. The average molecular weight is 322 g/mol. The average Bonchev–Trinajstić information content (AvgIpc) is 2.89. The highest BCUT2D eigenvalue weighted by Gasteiger charge is 2.04. The molecule has 0 aliphatic rings. The van der Waals surface area contributed by atoms with Crippen molar-refractivity contribution in [1.29, 1.82) is 0 Å². The molecule has 1 heterocycles. The van der Waals surface area contributed by atoms with Gasteiger partial charge in [0.2, 0.25) is 0 Å². The third-order valence-electron chi connectivity index (χ3n) is 3.64. The van der Waals surface area contributed by atoms with Gasteiger partial charge in [0.1, 0.15) is 0 Å². The fourth-order valence-corrected chi connectivity index (χ4v) is 2.97. The molecule has 0 saturated heterocycles. The molecule has 4 rings (SSSR count). The van der Waals surface area contributed by atoms with Gasteiger partial charge in [-0.3, -0.25) is 0 Å². The van der Waals surface area contributed by atoms with Crippen LogP contribution >= 0.6 is 15.9 Å². The molecule has 0 radical (unpaired) electrons. The lowest BCUT2D eigenvalue weighted by atomic mass is 10.1. The second-order valence-corrected chi connectivity index (χ2v) is 5.89. The molecule has 0 spiro atoms. The molecule has 20 heavy (non-hydrogen) atoms. The number of hydrogen-bond donors (Lipinski definition) is 1. The van der Waals surface area contributed by atoms with Gasteiger partial charge < -0.3 is 4.98 Å². The zero-order valence-corrected chi connectivity index (χ0v) is 12.3. The number of rotatable bonds is 1. The van der Waals surface area contributed by atoms with Crippen LogP contribution in [-0.4, -0.2) is 4.98 Å². The Bertz CT molecular complexity index is 921. The van der Waals surface area contributed by atoms with Crippen molar-refractivity contribution < 1.29 is 0 Å². The highest BCUT2D eigenvalue weighted by atomic mass is 79.9. The van der Waals surface area contributed by atoms with Crippen molar-refractivity contribution in [1.82, 2.24) is 4.98 Å². The van der Waals surface area contributed by atoms with Gasteiger partial charge in [-0.05, 0) is 40.6 Å². The molecule has 0 aliphatic carbocycles. The summed E-state index contributed by atoms with van der Waals surface area (Å²) in [6, 6.07) is 23.5. The van der Waals surface area contributed by atoms with Crippen molar-refractivity contribution in [2.45, 2.75) is 0 Å². The first kappa shape index (κ1) is 11.7. The Morgan fingerprint density at radius 2 is 1.50 bits per heavy atom. The van der Waals surface area contributed by atoms with Crippen molar-refractivity contribution in [3.05, 3.63) is 71.2 Å². The van der Waals surface area contributed by atoms with Gasteiger partial charge in [-0.25, -0.2) is 0 Å². The molecule has 0 bridgehead atoms. The van der Waals surface area contributed by atoms with E-state index in [1.54, 1.807) is 0 Å². The second kappa shape index (κ2) is 4.50. The summed E-state index contributed by atoms with van der Waals surface area (Å²) in [4.78, 5) is 3.49. The summed E-state index contributed by atoms with van der Waals surface area (Å²) in [5.41, 5.74) is 3.53. The Labute approximate surface area is 125 Å². The molecule has 0 atom stereocenters. The Morgan fingerprint density at radius 1 is 0.700 bits per heavy atom. The summed E-state index contributed by atoms with van der Waals surface area (Å²) in [7, 11) is 0. The largest absolute Gasteiger partial charge is 0.354 e. The molecular formula is C18H12BrN. The van der Waals surface area contributed by atoms with Crippen LogP contribution in [0.2, 0.25) is 0 Å². The first-order valence-corrected chi connectivity index (χ1v) is 7.36. The van der Waals surface area contributed by atoms with E-state index in [0.717, 1.165) is 15.7 Å². The maximum Gasteiger partial charge on any atom is 0.0470 e. The summed E-state index contributed by atoms with van der Waals surface area (Å²) >= 11 is 3.51. The van der Waals surface area contributed by atoms with E-state index in [0.29, 0.717) is 0 Å². The predicted octanol–water partition coefficient (Wildman–Crippen LogP) is 5.75. The van der Waals surface area contributed by atoms with Gasteiger partial charge in [0.15, 0.2) is 0 Å². The Balaban J connectivity index is 1.91. The SMILES string of the molecule is Brc1ccc2cc(-c3ccc4ccccc4c3)[nH]c2c1. The zero-order valence-electron chi connectivity index (χ0n) is 10.7. The number of benzene rings is 3. The molecule has 1 N–H and O–H groups in total. The monoisotopic (exact) mass is 321 g/mol. The van der Waals surface area contributed by atoms with E-state index in [2.05, 4.69) is 87.6 Å². The van der Waals surface area contributed by atoms with Crippen molar-refractivity contribution >= 4 is 37.6 Å². The van der Waals surface area contributed by atoms with Gasteiger partial charge in [-0.2, -0.15) is 0 Å². The van der Waals surface area contributed by atoms with Gasteiger partial charge in [0.25, 0.3) is 0 Å². The zero-order chi connectivity index (χ0) is 13.5. The van der Waals surface area contributed by atoms with Gasteiger partial charge in [0.05, 0.1) is 0 Å². The molecule has 0 unspecified atom stereocenters. The number of aromatic amines is 1. The molecule has 0 saturated carbocycles. The number of aromatic nitrogens is 1. The van der Waals surface area contributed by atoms with Gasteiger partial charge in [0, 0.05) is 21.1 Å². The van der Waals surface area contributed by atoms with Crippen molar-refractivity contribution in [3.63, 3.8) is 0 Å². The molecule has 0 amide bonds. The standard InChI is InChI=1S/C18H12BrN/c19-16-8-7-15-10-17(20-18(15)11-16)14-6-5-12-3-1-2-4-13(12)9-14/h1-11,20H. The van der Waals surface area contributed by atoms with E-state index in [9.17, 15) is 0 Å². The number of H-pyrrole nitrogens is 1. The van der Waals surface area contributed by atoms with Gasteiger partial charge in [-0.15, -0.1) is 0 Å². The first-order valence-electron chi connectivity index (χ1n) is 6.57. The summed E-state index contributed by atoms with van der Waals surface area (Å²) in [6.45, 7) is 0. The molecule has 3 aromatic carbocycles. The highest BCUT2D eigenvalue weighted by molar-refractivity contribution is 9.10. The van der Waals surface area contributed by atoms with E-state index in [1.165, 1.54) is 21.7 Å². The Kier molecular flexibility index (Phi) is 2.64. The van der Waals surface area contributed by atoms with Crippen molar-refractivity contribution in [2.75, 3.05) is 0 Å². The lowest BCUT2D eigenvalue weighted by molar-refractivity contribution is 1.46. The maximum absolute atomic E-state index is 3.51. The molecule has 1 nitrogen and oxygen atoms in total. The molecular weight excluding hydrogens is 310 g/mol. The molecule has 1 aromatic heterocycles. The van der Waals surface area contributed by atoms with Crippen molar-refractivity contribution in [3.8, 4) is 11.3 Å². The van der Waals surface area contributed by atoms with Crippen LogP contribution in [0.3, 0.4) is 0 Å². The van der Waals surface area contributed by atoms with E-state index in [-0.39, 0.29) is 0 Å². The van der Waals surface area contributed by atoms with Crippen molar-refractivity contribution in [2.24, 2.45) is 0 Å². The molecule has 0 fully saturated rings. The van der Waals surface area contributed by atoms with E-state index >= 15 is 0 Å². The molecule has 0 aliphatic heterocycles. The summed E-state index contributed by atoms with van der Waals surface area (Å²) < 4.78 is 1.09. The number of hydrogen-bond acceptors (Lipinski definition) is 0. The first-order chi connectivity index (χ1) is 9.79. The summed E-state index contributed by atoms with van der Waals surface area (Å²) in [5, 5.41) is 3.77. The van der Waals surface area contributed by atoms with Crippen LogP contribution in [0, 0.1) is 0 Å². The third-order valence-corrected chi connectivity index (χ3v) is 4.14. The predicted molar refractivity (Wildman–Crippen MR) is 88.9 cm³/mol. The van der Waals surface area contributed by atoms with Gasteiger partial charge >= 0.3 is 0 Å². The molecule has 2 heteroatoms. The fourth-order valence-electron chi connectivity index (χ4n) is 2.61. The lowest BCUT2D eigenvalue weighted by Gasteiger charge is -2.01. The summed E-state index contributed by atoms with van der Waals surface area (Å²) in [6.07, 6.45) is 0. The Morgan fingerprint density at radius 3 is 2.40 bits per heavy atom.